The molecule has 1 N–H and O–H groups in total. The molecular formula is C11H17NO2S. The Kier molecular flexibility index (Phi) is 3.88. The van der Waals surface area contributed by atoms with Crippen molar-refractivity contribution in [2.24, 2.45) is 0 Å². The fraction of sp³-hybridized carbons (Fsp3) is 0.455. The first-order valence-corrected chi connectivity index (χ1v) is 6.79. The minimum absolute atomic E-state index is 0.316. The standard InChI is InChI=1S/C11H17NO2S/c1-9(8-12-2)10-5-4-6-11(7-10)15(3,13)14/h4-7,9,12H,8H2,1-3H3. The second-order valence-electron chi connectivity index (χ2n) is 3.80. The number of rotatable bonds is 4. The number of nitrogens with one attached hydrogen (secondary N) is 1. The molecule has 0 saturated heterocycles. The van der Waals surface area contributed by atoms with Crippen LogP contribution in [0, 0.1) is 0 Å². The Morgan fingerprint density at radius 3 is 2.60 bits per heavy atom. The molecule has 0 spiro atoms. The van der Waals surface area contributed by atoms with Crippen LogP contribution in [0.25, 0.3) is 0 Å². The molecule has 4 heteroatoms. The molecule has 1 rings (SSSR count). The molecule has 0 saturated carbocycles. The van der Waals surface area contributed by atoms with Gasteiger partial charge in [-0.1, -0.05) is 19.1 Å². The third kappa shape index (κ3) is 3.32. The molecule has 1 aromatic rings. The van der Waals surface area contributed by atoms with Crippen molar-refractivity contribution < 1.29 is 8.42 Å². The number of hydrogen-bond donors (Lipinski definition) is 1. The lowest BCUT2D eigenvalue weighted by atomic mass is 10.0. The van der Waals surface area contributed by atoms with Crippen LogP contribution in [0.3, 0.4) is 0 Å². The number of hydrogen-bond acceptors (Lipinski definition) is 3. The van der Waals surface area contributed by atoms with E-state index in [2.05, 4.69) is 12.2 Å². The molecule has 0 aliphatic heterocycles. The molecule has 3 nitrogen and oxygen atoms in total. The van der Waals surface area contributed by atoms with E-state index in [-0.39, 0.29) is 0 Å². The monoisotopic (exact) mass is 227 g/mol. The van der Waals surface area contributed by atoms with Crippen LogP contribution in [-0.2, 0) is 9.84 Å². The van der Waals surface area contributed by atoms with Gasteiger partial charge in [-0.3, -0.25) is 0 Å². The molecule has 1 unspecified atom stereocenters. The largest absolute Gasteiger partial charge is 0.319 e. The summed E-state index contributed by atoms with van der Waals surface area (Å²) in [6.07, 6.45) is 1.23. The molecule has 0 aromatic heterocycles. The minimum Gasteiger partial charge on any atom is -0.319 e. The Morgan fingerprint density at radius 2 is 2.07 bits per heavy atom. The topological polar surface area (TPSA) is 46.2 Å². The Hall–Kier alpha value is -0.870. The molecule has 0 aliphatic carbocycles. The van der Waals surface area contributed by atoms with E-state index in [9.17, 15) is 8.42 Å². The summed E-state index contributed by atoms with van der Waals surface area (Å²) in [4.78, 5) is 0.392. The predicted molar refractivity (Wildman–Crippen MR) is 61.9 cm³/mol. The van der Waals surface area contributed by atoms with E-state index in [1.54, 1.807) is 18.2 Å². The summed E-state index contributed by atoms with van der Waals surface area (Å²) < 4.78 is 22.7. The average molecular weight is 227 g/mol. The maximum Gasteiger partial charge on any atom is 0.175 e. The summed E-state index contributed by atoms with van der Waals surface area (Å²) >= 11 is 0. The van der Waals surface area contributed by atoms with Gasteiger partial charge in [-0.05, 0) is 30.7 Å². The SMILES string of the molecule is CNCC(C)c1cccc(S(C)(=O)=O)c1. The van der Waals surface area contributed by atoms with Crippen LogP contribution in [0.2, 0.25) is 0 Å². The van der Waals surface area contributed by atoms with Crippen LogP contribution in [0.15, 0.2) is 29.2 Å². The van der Waals surface area contributed by atoms with E-state index < -0.39 is 9.84 Å². The molecule has 0 bridgehead atoms. The third-order valence-corrected chi connectivity index (χ3v) is 3.48. The van der Waals surface area contributed by atoms with E-state index in [0.717, 1.165) is 12.1 Å². The molecule has 0 heterocycles. The van der Waals surface area contributed by atoms with Crippen LogP contribution in [0.5, 0.6) is 0 Å². The smallest absolute Gasteiger partial charge is 0.175 e. The number of likely N-dealkylation sites (N-methyl/N-ethyl adjacent to an activating group) is 1. The molecule has 1 aromatic carbocycles. The van der Waals surface area contributed by atoms with Crippen LogP contribution >= 0.6 is 0 Å². The normalized spacial score (nSPS) is 13.8. The summed E-state index contributed by atoms with van der Waals surface area (Å²) in [5, 5.41) is 3.07. The van der Waals surface area contributed by atoms with Gasteiger partial charge in [-0.15, -0.1) is 0 Å². The second kappa shape index (κ2) is 4.77. The number of benzene rings is 1. The zero-order valence-corrected chi connectivity index (χ0v) is 10.1. The predicted octanol–water partition coefficient (Wildman–Crippen LogP) is 1.41. The fourth-order valence-electron chi connectivity index (χ4n) is 1.48. The van der Waals surface area contributed by atoms with E-state index in [0.29, 0.717) is 10.8 Å². The Bertz CT molecular complexity index is 426. The van der Waals surface area contributed by atoms with Gasteiger partial charge in [-0.25, -0.2) is 8.42 Å². The first-order valence-electron chi connectivity index (χ1n) is 4.89. The average Bonchev–Trinajstić information content (AvgIpc) is 2.17. The molecule has 0 amide bonds. The lowest BCUT2D eigenvalue weighted by Gasteiger charge is -2.11. The first-order chi connectivity index (χ1) is 6.95. The Morgan fingerprint density at radius 1 is 1.40 bits per heavy atom. The molecule has 84 valence electrons. The highest BCUT2D eigenvalue weighted by Gasteiger charge is 2.10. The van der Waals surface area contributed by atoms with Crippen LogP contribution in [0.1, 0.15) is 18.4 Å². The Labute approximate surface area is 91.4 Å². The molecule has 0 radical (unpaired) electrons. The van der Waals surface area contributed by atoms with Gasteiger partial charge < -0.3 is 5.32 Å². The van der Waals surface area contributed by atoms with Crippen molar-refractivity contribution in [3.63, 3.8) is 0 Å². The van der Waals surface area contributed by atoms with Crippen molar-refractivity contribution in [3.05, 3.63) is 29.8 Å². The fourth-order valence-corrected chi connectivity index (χ4v) is 2.15. The third-order valence-electron chi connectivity index (χ3n) is 2.37. The Balaban J connectivity index is 3.03. The van der Waals surface area contributed by atoms with Gasteiger partial charge in [-0.2, -0.15) is 0 Å². The van der Waals surface area contributed by atoms with Crippen molar-refractivity contribution in [1.29, 1.82) is 0 Å². The molecule has 15 heavy (non-hydrogen) atoms. The summed E-state index contributed by atoms with van der Waals surface area (Å²) in [6.45, 7) is 2.91. The van der Waals surface area contributed by atoms with Crippen molar-refractivity contribution in [3.8, 4) is 0 Å². The van der Waals surface area contributed by atoms with E-state index >= 15 is 0 Å². The van der Waals surface area contributed by atoms with Crippen LogP contribution < -0.4 is 5.32 Å². The number of sulfone groups is 1. The maximum atomic E-state index is 11.3. The highest BCUT2D eigenvalue weighted by molar-refractivity contribution is 7.90. The van der Waals surface area contributed by atoms with Crippen molar-refractivity contribution in [2.75, 3.05) is 19.8 Å². The van der Waals surface area contributed by atoms with E-state index in [1.165, 1.54) is 6.26 Å². The summed E-state index contributed by atoms with van der Waals surface area (Å²) in [5.41, 5.74) is 1.05. The van der Waals surface area contributed by atoms with Gasteiger partial charge in [0.2, 0.25) is 0 Å². The molecule has 1 atom stereocenters. The molecular weight excluding hydrogens is 210 g/mol. The second-order valence-corrected chi connectivity index (χ2v) is 5.82. The maximum absolute atomic E-state index is 11.3. The van der Waals surface area contributed by atoms with E-state index in [1.807, 2.05) is 13.1 Å². The van der Waals surface area contributed by atoms with Crippen molar-refractivity contribution in [2.45, 2.75) is 17.7 Å². The van der Waals surface area contributed by atoms with Gasteiger partial charge in [0.15, 0.2) is 9.84 Å². The quantitative estimate of drug-likeness (QED) is 0.846. The van der Waals surface area contributed by atoms with Gasteiger partial charge in [0.05, 0.1) is 4.90 Å². The van der Waals surface area contributed by atoms with Gasteiger partial charge in [0, 0.05) is 12.8 Å². The van der Waals surface area contributed by atoms with Crippen molar-refractivity contribution >= 4 is 9.84 Å². The lowest BCUT2D eigenvalue weighted by Crippen LogP contribution is -2.15. The zero-order chi connectivity index (χ0) is 11.5. The van der Waals surface area contributed by atoms with Crippen LogP contribution in [-0.4, -0.2) is 28.3 Å². The summed E-state index contributed by atoms with van der Waals surface area (Å²) in [7, 11) is -1.21. The molecule has 0 aliphatic rings. The van der Waals surface area contributed by atoms with Gasteiger partial charge >= 0.3 is 0 Å². The summed E-state index contributed by atoms with van der Waals surface area (Å²) in [6, 6.07) is 7.12. The van der Waals surface area contributed by atoms with Crippen LogP contribution in [0.4, 0.5) is 0 Å². The minimum atomic E-state index is -3.09. The zero-order valence-electron chi connectivity index (χ0n) is 9.32. The van der Waals surface area contributed by atoms with E-state index in [4.69, 9.17) is 0 Å². The first kappa shape index (κ1) is 12.2. The van der Waals surface area contributed by atoms with Crippen molar-refractivity contribution in [1.82, 2.24) is 5.32 Å². The highest BCUT2D eigenvalue weighted by Crippen LogP contribution is 2.18. The van der Waals surface area contributed by atoms with Gasteiger partial charge in [0.1, 0.15) is 0 Å². The highest BCUT2D eigenvalue weighted by atomic mass is 32.2. The lowest BCUT2D eigenvalue weighted by molar-refractivity contribution is 0.601. The van der Waals surface area contributed by atoms with Gasteiger partial charge in [0.25, 0.3) is 0 Å². The molecule has 0 fully saturated rings. The summed E-state index contributed by atoms with van der Waals surface area (Å²) in [5.74, 6) is 0.316.